The summed E-state index contributed by atoms with van der Waals surface area (Å²) in [5.41, 5.74) is 3.01. The van der Waals surface area contributed by atoms with Crippen LogP contribution >= 0.6 is 0 Å². The molecule has 6 heteroatoms. The summed E-state index contributed by atoms with van der Waals surface area (Å²) in [6.45, 7) is 1.71. The first-order chi connectivity index (χ1) is 10.4. The summed E-state index contributed by atoms with van der Waals surface area (Å²) in [6, 6.07) is 12.3. The number of benzene rings is 2. The van der Waals surface area contributed by atoms with E-state index in [1.54, 1.807) is 38.3 Å². The highest BCUT2D eigenvalue weighted by Gasteiger charge is 2.33. The van der Waals surface area contributed by atoms with E-state index in [1.165, 1.54) is 18.2 Å². The van der Waals surface area contributed by atoms with Crippen LogP contribution in [0.25, 0.3) is 0 Å². The van der Waals surface area contributed by atoms with E-state index in [-0.39, 0.29) is 5.69 Å². The van der Waals surface area contributed by atoms with Gasteiger partial charge in [-0.2, -0.15) is 18.3 Å². The molecule has 0 fully saturated rings. The van der Waals surface area contributed by atoms with Gasteiger partial charge in [0.05, 0.1) is 24.1 Å². The van der Waals surface area contributed by atoms with Crippen LogP contribution in [0.2, 0.25) is 0 Å². The molecule has 0 radical (unpaired) electrons. The Hall–Kier alpha value is -2.50. The third-order valence-electron chi connectivity index (χ3n) is 3.08. The number of ether oxygens (including phenoxy) is 1. The van der Waals surface area contributed by atoms with Gasteiger partial charge in [0, 0.05) is 0 Å². The van der Waals surface area contributed by atoms with E-state index in [9.17, 15) is 13.2 Å². The maximum absolute atomic E-state index is 12.9. The molecule has 0 bridgehead atoms. The molecule has 0 aromatic heterocycles. The number of hydrogen-bond donors (Lipinski definition) is 1. The van der Waals surface area contributed by atoms with Crippen molar-refractivity contribution in [3.8, 4) is 5.75 Å². The molecular weight excluding hydrogens is 293 g/mol. The topological polar surface area (TPSA) is 33.6 Å². The molecule has 0 amide bonds. The summed E-state index contributed by atoms with van der Waals surface area (Å²) in [7, 11) is 1.56. The van der Waals surface area contributed by atoms with E-state index in [0.29, 0.717) is 11.5 Å². The third-order valence-corrected chi connectivity index (χ3v) is 3.08. The second kappa shape index (κ2) is 6.51. The van der Waals surface area contributed by atoms with Crippen molar-refractivity contribution in [1.82, 2.24) is 0 Å². The van der Waals surface area contributed by atoms with Crippen molar-refractivity contribution in [3.63, 3.8) is 0 Å². The van der Waals surface area contributed by atoms with Gasteiger partial charge in [0.15, 0.2) is 0 Å². The largest absolute Gasteiger partial charge is 0.497 e. The van der Waals surface area contributed by atoms with Gasteiger partial charge in [-0.15, -0.1) is 0 Å². The zero-order valence-corrected chi connectivity index (χ0v) is 12.1. The molecule has 2 aromatic rings. The number of alkyl halides is 3. The summed E-state index contributed by atoms with van der Waals surface area (Å²) < 4.78 is 43.7. The minimum absolute atomic E-state index is 0.0807. The van der Waals surface area contributed by atoms with Gasteiger partial charge in [-0.25, -0.2) is 0 Å². The predicted molar refractivity (Wildman–Crippen MR) is 80.3 cm³/mol. The van der Waals surface area contributed by atoms with Crippen LogP contribution in [-0.4, -0.2) is 12.8 Å². The highest BCUT2D eigenvalue weighted by molar-refractivity contribution is 5.99. The van der Waals surface area contributed by atoms with Gasteiger partial charge in [0.2, 0.25) is 0 Å². The molecule has 0 unspecified atom stereocenters. The second-order valence-corrected chi connectivity index (χ2v) is 4.58. The lowest BCUT2D eigenvalue weighted by Gasteiger charge is -2.12. The Kier molecular flexibility index (Phi) is 4.70. The minimum atomic E-state index is -4.42. The molecule has 2 rings (SSSR count). The molecule has 2 aromatic carbocycles. The van der Waals surface area contributed by atoms with E-state index in [2.05, 4.69) is 10.5 Å². The van der Waals surface area contributed by atoms with Crippen LogP contribution in [0, 0.1) is 0 Å². The normalized spacial score (nSPS) is 12.1. The van der Waals surface area contributed by atoms with Crippen molar-refractivity contribution < 1.29 is 17.9 Å². The van der Waals surface area contributed by atoms with Crippen LogP contribution in [0.15, 0.2) is 53.6 Å². The van der Waals surface area contributed by atoms with Crippen molar-refractivity contribution >= 4 is 11.4 Å². The summed E-state index contributed by atoms with van der Waals surface area (Å²) in [6.07, 6.45) is -4.42. The second-order valence-electron chi connectivity index (χ2n) is 4.58. The molecule has 0 saturated heterocycles. The van der Waals surface area contributed by atoms with Crippen molar-refractivity contribution in [2.75, 3.05) is 12.5 Å². The smallest absolute Gasteiger partial charge is 0.418 e. The molecule has 3 nitrogen and oxygen atoms in total. The average molecular weight is 308 g/mol. The Bertz CT molecular complexity index is 664. The molecule has 1 N–H and O–H groups in total. The Morgan fingerprint density at radius 2 is 1.68 bits per heavy atom. The summed E-state index contributed by atoms with van der Waals surface area (Å²) in [5, 5.41) is 4.02. The van der Waals surface area contributed by atoms with Crippen molar-refractivity contribution in [3.05, 3.63) is 59.7 Å². The fourth-order valence-corrected chi connectivity index (χ4v) is 1.87. The number of halogens is 3. The predicted octanol–water partition coefficient (Wildman–Crippen LogP) is 4.55. The average Bonchev–Trinajstić information content (AvgIpc) is 2.52. The van der Waals surface area contributed by atoms with Crippen molar-refractivity contribution in [2.24, 2.45) is 5.10 Å². The maximum atomic E-state index is 12.9. The number of nitrogens with zero attached hydrogens (tertiary/aromatic N) is 1. The van der Waals surface area contributed by atoms with E-state index >= 15 is 0 Å². The summed E-state index contributed by atoms with van der Waals surface area (Å²) in [4.78, 5) is 0. The molecule has 0 aliphatic rings. The molecule has 0 atom stereocenters. The minimum Gasteiger partial charge on any atom is -0.497 e. The van der Waals surface area contributed by atoms with E-state index in [0.717, 1.165) is 11.6 Å². The molecule has 22 heavy (non-hydrogen) atoms. The van der Waals surface area contributed by atoms with Gasteiger partial charge < -0.3 is 4.74 Å². The number of anilines is 1. The van der Waals surface area contributed by atoms with Crippen LogP contribution in [0.1, 0.15) is 18.1 Å². The Labute approximate surface area is 126 Å². The lowest BCUT2D eigenvalue weighted by Crippen LogP contribution is -2.09. The van der Waals surface area contributed by atoms with Crippen LogP contribution in [-0.2, 0) is 6.18 Å². The molecular formula is C16H15F3N2O. The number of rotatable bonds is 4. The van der Waals surface area contributed by atoms with Gasteiger partial charge in [0.1, 0.15) is 5.75 Å². The maximum Gasteiger partial charge on any atom is 0.418 e. The Morgan fingerprint density at radius 3 is 2.27 bits per heavy atom. The first-order valence-electron chi connectivity index (χ1n) is 6.53. The summed E-state index contributed by atoms with van der Waals surface area (Å²) in [5.74, 6) is 0.701. The fourth-order valence-electron chi connectivity index (χ4n) is 1.87. The highest BCUT2D eigenvalue weighted by atomic mass is 19.4. The lowest BCUT2D eigenvalue weighted by atomic mass is 10.1. The van der Waals surface area contributed by atoms with Gasteiger partial charge in [-0.1, -0.05) is 12.1 Å². The van der Waals surface area contributed by atoms with Gasteiger partial charge >= 0.3 is 6.18 Å². The first kappa shape index (κ1) is 15.9. The zero-order valence-electron chi connectivity index (χ0n) is 12.1. The van der Waals surface area contributed by atoms with Gasteiger partial charge in [-0.3, -0.25) is 5.43 Å². The van der Waals surface area contributed by atoms with Crippen LogP contribution in [0.4, 0.5) is 18.9 Å². The lowest BCUT2D eigenvalue weighted by molar-refractivity contribution is -0.136. The van der Waals surface area contributed by atoms with Crippen LogP contribution < -0.4 is 10.2 Å². The van der Waals surface area contributed by atoms with Gasteiger partial charge in [0.25, 0.3) is 0 Å². The zero-order chi connectivity index (χ0) is 16.2. The Morgan fingerprint density at radius 1 is 1.05 bits per heavy atom. The van der Waals surface area contributed by atoms with E-state index in [1.807, 2.05) is 0 Å². The fraction of sp³-hybridized carbons (Fsp3) is 0.188. The Balaban J connectivity index is 2.20. The van der Waals surface area contributed by atoms with Crippen LogP contribution in [0.5, 0.6) is 5.75 Å². The first-order valence-corrected chi connectivity index (χ1v) is 6.53. The van der Waals surface area contributed by atoms with Crippen LogP contribution in [0.3, 0.4) is 0 Å². The number of methoxy groups -OCH3 is 1. The SMILES string of the molecule is COc1ccc(C(C)=NNc2ccccc2C(F)(F)F)cc1. The van der Waals surface area contributed by atoms with E-state index in [4.69, 9.17) is 4.74 Å². The van der Waals surface area contributed by atoms with Crippen molar-refractivity contribution in [1.29, 1.82) is 0 Å². The molecule has 0 heterocycles. The molecule has 0 spiro atoms. The molecule has 0 aliphatic heterocycles. The molecule has 0 saturated carbocycles. The number of hydrazone groups is 1. The quantitative estimate of drug-likeness (QED) is 0.664. The van der Waals surface area contributed by atoms with Gasteiger partial charge in [-0.05, 0) is 48.9 Å². The number of para-hydroxylation sites is 1. The van der Waals surface area contributed by atoms with E-state index < -0.39 is 11.7 Å². The highest BCUT2D eigenvalue weighted by Crippen LogP contribution is 2.34. The molecule has 116 valence electrons. The van der Waals surface area contributed by atoms with Crippen molar-refractivity contribution in [2.45, 2.75) is 13.1 Å². The molecule has 0 aliphatic carbocycles. The number of nitrogens with one attached hydrogen (secondary N) is 1. The number of hydrogen-bond acceptors (Lipinski definition) is 3. The standard InChI is InChI=1S/C16H15F3N2O/c1-11(12-7-9-13(22-2)10-8-12)20-21-15-6-4-3-5-14(15)16(17,18)19/h3-10,21H,1-2H3. The summed E-state index contributed by atoms with van der Waals surface area (Å²) >= 11 is 0. The third kappa shape index (κ3) is 3.78. The monoisotopic (exact) mass is 308 g/mol.